The molecule has 4 N–H and O–H groups in total. The zero-order valence-corrected chi connectivity index (χ0v) is 37.1. The van der Waals surface area contributed by atoms with Crippen molar-refractivity contribution in [3.63, 3.8) is 0 Å². The van der Waals surface area contributed by atoms with Crippen LogP contribution in [0.3, 0.4) is 0 Å². The number of rotatable bonds is 16. The fourth-order valence-corrected chi connectivity index (χ4v) is 9.85. The lowest BCUT2D eigenvalue weighted by Crippen LogP contribution is -2.40. The number of amides is 4. The normalized spacial score (nSPS) is 16.7. The fraction of sp³-hybridized carbons (Fsp3) is 0.468. The zero-order chi connectivity index (χ0) is 43.9. The molecule has 5 heterocycles. The van der Waals surface area contributed by atoms with E-state index in [1.165, 1.54) is 43.4 Å². The van der Waals surface area contributed by atoms with E-state index in [1.807, 2.05) is 66.7 Å². The number of nitrogens with one attached hydrogen (secondary N) is 3. The second-order valence-corrected chi connectivity index (χ2v) is 18.2. The van der Waals surface area contributed by atoms with Gasteiger partial charge in [-0.1, -0.05) is 54.9 Å². The lowest BCUT2D eigenvalue weighted by atomic mass is 9.89. The van der Waals surface area contributed by atoms with Gasteiger partial charge in [-0.25, -0.2) is 9.97 Å². The van der Waals surface area contributed by atoms with Crippen LogP contribution in [0, 0.1) is 12.8 Å². The minimum absolute atomic E-state index is 0.0750. The van der Waals surface area contributed by atoms with Crippen LogP contribution < -0.4 is 20.9 Å². The summed E-state index contributed by atoms with van der Waals surface area (Å²) in [6, 6.07) is 17.6. The number of aliphatic hydroxyl groups excluding tert-OH is 1. The summed E-state index contributed by atoms with van der Waals surface area (Å²) in [5.74, 6) is 0.360. The van der Waals surface area contributed by atoms with Gasteiger partial charge in [0.05, 0.1) is 29.1 Å². The first-order valence-corrected chi connectivity index (χ1v) is 23.2. The number of para-hydroxylation sites is 1. The van der Waals surface area contributed by atoms with Gasteiger partial charge in [0.1, 0.15) is 11.5 Å². The summed E-state index contributed by atoms with van der Waals surface area (Å²) in [5.41, 5.74) is 6.40. The van der Waals surface area contributed by atoms with Crippen LogP contribution in [0.1, 0.15) is 89.0 Å². The van der Waals surface area contributed by atoms with E-state index in [0.29, 0.717) is 93.2 Å². The molecule has 8 rings (SSSR count). The molecule has 3 aromatic heterocycles. The average Bonchev–Trinajstić information content (AvgIpc) is 4.03. The standard InChI is InChI=1S/C47H58N10O5S/c1-31-37(26-50-57(31)28-32-10-4-3-5-11-32)35-16-17-41(52-44(35)46(62)48-21-9-22-54(2)23-20-42(59)49-27-43(60)56-25-19-34(58)29-56)55-24-18-33-12-8-13-36(38(33)30-55)45(61)53-47-51-39-14-6-7-15-40(39)63-47/h6-8,12-17,26,32,34,58H,3-5,9-11,18-25,27-30H2,1-2H3,(H,48,62)(H,49,59)(H,51,53,61). The van der Waals surface area contributed by atoms with Gasteiger partial charge >= 0.3 is 0 Å². The summed E-state index contributed by atoms with van der Waals surface area (Å²) in [7, 11) is 1.93. The number of aromatic nitrogens is 4. The summed E-state index contributed by atoms with van der Waals surface area (Å²) in [6.07, 6.45) is 9.74. The topological polar surface area (TPSA) is 178 Å². The van der Waals surface area contributed by atoms with Crippen LogP contribution in [-0.2, 0) is 29.1 Å². The average molecular weight is 875 g/mol. The number of hydrogen-bond acceptors (Lipinski definition) is 11. The summed E-state index contributed by atoms with van der Waals surface area (Å²) in [5, 5.41) is 23.9. The predicted molar refractivity (Wildman–Crippen MR) is 245 cm³/mol. The lowest BCUT2D eigenvalue weighted by Gasteiger charge is -2.31. The molecule has 1 saturated carbocycles. The van der Waals surface area contributed by atoms with Gasteiger partial charge in [-0.2, -0.15) is 5.10 Å². The van der Waals surface area contributed by atoms with E-state index >= 15 is 0 Å². The van der Waals surface area contributed by atoms with Gasteiger partial charge in [0.25, 0.3) is 11.8 Å². The Hall–Kier alpha value is -5.71. The number of likely N-dealkylation sites (tertiary alicyclic amines) is 1. The Morgan fingerprint density at radius 1 is 0.905 bits per heavy atom. The maximum Gasteiger partial charge on any atom is 0.270 e. The number of carbonyl (C=O) groups is 4. The summed E-state index contributed by atoms with van der Waals surface area (Å²) < 4.78 is 3.09. The minimum Gasteiger partial charge on any atom is -0.391 e. The molecule has 1 aliphatic carbocycles. The van der Waals surface area contributed by atoms with Gasteiger partial charge in [0, 0.05) is 74.6 Å². The van der Waals surface area contributed by atoms with Crippen molar-refractivity contribution in [2.45, 2.75) is 83.9 Å². The first kappa shape index (κ1) is 43.9. The number of anilines is 2. The predicted octanol–water partition coefficient (Wildman–Crippen LogP) is 5.41. The molecule has 332 valence electrons. The van der Waals surface area contributed by atoms with Gasteiger partial charge in [-0.15, -0.1) is 0 Å². The van der Waals surface area contributed by atoms with E-state index < -0.39 is 6.10 Å². The summed E-state index contributed by atoms with van der Waals surface area (Å²) in [4.78, 5) is 68.2. The molecule has 0 radical (unpaired) electrons. The van der Waals surface area contributed by atoms with Gasteiger partial charge in [-0.3, -0.25) is 29.2 Å². The number of benzene rings is 2. The molecule has 4 amide bonds. The highest BCUT2D eigenvalue weighted by Gasteiger charge is 2.27. The Kier molecular flexibility index (Phi) is 14.1. The fourth-order valence-electron chi connectivity index (χ4n) is 8.99. The molecule has 1 unspecified atom stereocenters. The molecule has 2 aliphatic heterocycles. The number of thiazole rings is 1. The molecule has 1 atom stereocenters. The Balaban J connectivity index is 0.935. The molecular formula is C47H58N10O5S. The molecule has 5 aromatic rings. The van der Waals surface area contributed by atoms with Gasteiger partial charge < -0.3 is 30.4 Å². The number of aliphatic hydroxyl groups is 1. The third-order valence-electron chi connectivity index (χ3n) is 12.7. The van der Waals surface area contributed by atoms with Crippen LogP contribution in [-0.4, -0.2) is 117 Å². The van der Waals surface area contributed by atoms with Crippen molar-refractivity contribution < 1.29 is 24.3 Å². The maximum atomic E-state index is 14.2. The van der Waals surface area contributed by atoms with Crippen molar-refractivity contribution >= 4 is 56.1 Å². The highest BCUT2D eigenvalue weighted by Crippen LogP contribution is 2.33. The smallest absolute Gasteiger partial charge is 0.270 e. The Morgan fingerprint density at radius 3 is 2.56 bits per heavy atom. The first-order chi connectivity index (χ1) is 30.6. The molecule has 16 heteroatoms. The highest BCUT2D eigenvalue weighted by molar-refractivity contribution is 7.22. The van der Waals surface area contributed by atoms with Crippen LogP contribution in [0.5, 0.6) is 0 Å². The molecule has 15 nitrogen and oxygen atoms in total. The van der Waals surface area contributed by atoms with Crippen LogP contribution in [0.25, 0.3) is 21.3 Å². The summed E-state index contributed by atoms with van der Waals surface area (Å²) in [6.45, 7) is 6.34. The number of hydrogen-bond donors (Lipinski definition) is 4. The zero-order valence-electron chi connectivity index (χ0n) is 36.3. The molecule has 3 aliphatic rings. The number of carbonyl (C=O) groups excluding carboxylic acids is 4. The molecule has 63 heavy (non-hydrogen) atoms. The van der Waals surface area contributed by atoms with Crippen molar-refractivity contribution in [2.75, 3.05) is 63.1 Å². The maximum absolute atomic E-state index is 14.2. The number of pyridine rings is 1. The van der Waals surface area contributed by atoms with Gasteiger partial charge in [0.2, 0.25) is 11.8 Å². The Labute approximate surface area is 372 Å². The van der Waals surface area contributed by atoms with E-state index in [0.717, 1.165) is 44.7 Å². The quantitative estimate of drug-likeness (QED) is 0.0938. The largest absolute Gasteiger partial charge is 0.391 e. The second kappa shape index (κ2) is 20.2. The van der Waals surface area contributed by atoms with Crippen LogP contribution in [0.15, 0.2) is 60.8 Å². The Morgan fingerprint density at radius 2 is 1.75 bits per heavy atom. The molecule has 2 fully saturated rings. The van der Waals surface area contributed by atoms with Crippen molar-refractivity contribution in [3.8, 4) is 11.1 Å². The molecular weight excluding hydrogens is 817 g/mol. The lowest BCUT2D eigenvalue weighted by molar-refractivity contribution is -0.132. The molecule has 1 saturated heterocycles. The van der Waals surface area contributed by atoms with Crippen molar-refractivity contribution in [2.24, 2.45) is 5.92 Å². The number of fused-ring (bicyclic) bond motifs is 2. The van der Waals surface area contributed by atoms with E-state index in [4.69, 9.17) is 10.1 Å². The Bertz CT molecular complexity index is 2410. The monoisotopic (exact) mass is 874 g/mol. The van der Waals surface area contributed by atoms with Crippen LogP contribution >= 0.6 is 11.3 Å². The number of nitrogens with zero attached hydrogens (tertiary/aromatic N) is 7. The third kappa shape index (κ3) is 10.7. The molecule has 0 spiro atoms. The number of β-amino-alcohol motifs (C(OH)–C–C–N with tert-alkyl or cyclic N) is 1. The second-order valence-electron chi connectivity index (χ2n) is 17.2. The van der Waals surface area contributed by atoms with Crippen molar-refractivity contribution in [1.82, 2.24) is 40.2 Å². The van der Waals surface area contributed by atoms with E-state index in [-0.39, 0.29) is 36.6 Å². The molecule has 0 bridgehead atoms. The van der Waals surface area contributed by atoms with E-state index in [1.54, 1.807) is 4.90 Å². The van der Waals surface area contributed by atoms with Crippen LogP contribution in [0.4, 0.5) is 10.9 Å². The first-order valence-electron chi connectivity index (χ1n) is 22.4. The minimum atomic E-state index is -0.497. The van der Waals surface area contributed by atoms with Gasteiger partial charge in [-0.05, 0) is 100.0 Å². The summed E-state index contributed by atoms with van der Waals surface area (Å²) >= 11 is 1.45. The molecule has 2 aromatic carbocycles. The van der Waals surface area contributed by atoms with Crippen molar-refractivity contribution in [1.29, 1.82) is 0 Å². The SMILES string of the molecule is Cc1c(-c2ccc(N3CCc4cccc(C(=O)Nc5nc6ccccc6s5)c4C3)nc2C(=O)NCCCN(C)CCC(=O)NCC(=O)N2CCC(O)C2)cnn1CC1CCCCC1. The van der Waals surface area contributed by atoms with Gasteiger partial charge in [0.15, 0.2) is 5.13 Å². The van der Waals surface area contributed by atoms with E-state index in [9.17, 15) is 24.3 Å². The third-order valence-corrected chi connectivity index (χ3v) is 13.6. The van der Waals surface area contributed by atoms with Crippen molar-refractivity contribution in [3.05, 3.63) is 88.9 Å². The highest BCUT2D eigenvalue weighted by atomic mass is 32.1. The van der Waals surface area contributed by atoms with Crippen LogP contribution in [0.2, 0.25) is 0 Å². The van der Waals surface area contributed by atoms with E-state index in [2.05, 4.69) is 43.5 Å².